The second-order valence-electron chi connectivity index (χ2n) is 7.85. The highest BCUT2D eigenvalue weighted by atomic mass is 35.5. The summed E-state index contributed by atoms with van der Waals surface area (Å²) in [7, 11) is 1.56. The van der Waals surface area contributed by atoms with Crippen LogP contribution in [-0.4, -0.2) is 24.8 Å². The Morgan fingerprint density at radius 3 is 2.47 bits per heavy atom. The van der Waals surface area contributed by atoms with Crippen LogP contribution < -0.4 is 20.1 Å². The van der Waals surface area contributed by atoms with E-state index < -0.39 is 12.0 Å². The van der Waals surface area contributed by atoms with Crippen molar-refractivity contribution in [3.05, 3.63) is 99.0 Å². The minimum Gasteiger partial charge on any atom is -0.493 e. The average molecular weight is 543 g/mol. The van der Waals surface area contributed by atoms with Gasteiger partial charge in [-0.05, 0) is 60.1 Å². The number of thiocarbonyl (C=S) groups is 1. The summed E-state index contributed by atoms with van der Waals surface area (Å²) in [6, 6.07) is 19.8. The van der Waals surface area contributed by atoms with E-state index in [-0.39, 0.29) is 13.2 Å². The van der Waals surface area contributed by atoms with Crippen LogP contribution in [0.25, 0.3) is 5.70 Å². The number of carbonyl (C=O) groups is 1. The first kappa shape index (κ1) is 25.8. The SMILES string of the molecule is CCOC(=O)C1=C(c2ccccc2)NC(=S)N[C@@H]1c1ccc(OCc2ccc(Cl)c(Cl)c2)c(OC)c1. The number of hydrogen-bond donors (Lipinski definition) is 2. The number of hydrogen-bond acceptors (Lipinski definition) is 5. The smallest absolute Gasteiger partial charge is 0.338 e. The molecule has 1 aliphatic heterocycles. The van der Waals surface area contributed by atoms with Gasteiger partial charge in [0.05, 0.1) is 41.1 Å². The van der Waals surface area contributed by atoms with Gasteiger partial charge in [0, 0.05) is 0 Å². The molecule has 1 atom stereocenters. The summed E-state index contributed by atoms with van der Waals surface area (Å²) in [6.07, 6.45) is 0. The number of nitrogens with one attached hydrogen (secondary N) is 2. The van der Waals surface area contributed by atoms with Crippen molar-refractivity contribution in [1.29, 1.82) is 0 Å². The first-order chi connectivity index (χ1) is 17.4. The van der Waals surface area contributed by atoms with E-state index in [4.69, 9.17) is 49.6 Å². The van der Waals surface area contributed by atoms with Crippen LogP contribution in [0.5, 0.6) is 11.5 Å². The van der Waals surface area contributed by atoms with Crippen LogP contribution in [0.1, 0.15) is 29.7 Å². The summed E-state index contributed by atoms with van der Waals surface area (Å²) in [4.78, 5) is 13.1. The molecule has 3 aromatic rings. The van der Waals surface area contributed by atoms with Crippen LogP contribution in [0.15, 0.2) is 72.3 Å². The van der Waals surface area contributed by atoms with E-state index in [1.54, 1.807) is 32.2 Å². The van der Waals surface area contributed by atoms with Crippen molar-refractivity contribution in [1.82, 2.24) is 10.6 Å². The summed E-state index contributed by atoms with van der Waals surface area (Å²) < 4.78 is 17.0. The topological polar surface area (TPSA) is 68.8 Å². The normalized spacial score (nSPS) is 15.1. The molecule has 3 aromatic carbocycles. The molecular formula is C27H24Cl2N2O4S. The molecule has 0 unspecified atom stereocenters. The quantitative estimate of drug-likeness (QED) is 0.264. The van der Waals surface area contributed by atoms with E-state index in [9.17, 15) is 4.79 Å². The molecule has 0 radical (unpaired) electrons. The van der Waals surface area contributed by atoms with Crippen molar-refractivity contribution in [3.63, 3.8) is 0 Å². The highest BCUT2D eigenvalue weighted by Crippen LogP contribution is 2.37. The van der Waals surface area contributed by atoms with Gasteiger partial charge in [-0.15, -0.1) is 0 Å². The Labute approximate surface area is 225 Å². The Balaban J connectivity index is 1.69. The second-order valence-corrected chi connectivity index (χ2v) is 9.08. The van der Waals surface area contributed by atoms with Gasteiger partial charge in [-0.1, -0.05) is 65.7 Å². The molecule has 0 spiro atoms. The predicted molar refractivity (Wildman–Crippen MR) is 145 cm³/mol. The molecule has 1 aliphatic rings. The van der Waals surface area contributed by atoms with Crippen molar-refractivity contribution in [2.45, 2.75) is 19.6 Å². The van der Waals surface area contributed by atoms with Crippen molar-refractivity contribution in [2.75, 3.05) is 13.7 Å². The van der Waals surface area contributed by atoms with Crippen molar-refractivity contribution >= 4 is 52.2 Å². The minimum absolute atomic E-state index is 0.242. The number of methoxy groups -OCH3 is 1. The van der Waals surface area contributed by atoms with Gasteiger partial charge in [0.2, 0.25) is 0 Å². The molecule has 4 rings (SSSR count). The van der Waals surface area contributed by atoms with Gasteiger partial charge in [-0.2, -0.15) is 0 Å². The van der Waals surface area contributed by atoms with E-state index in [1.807, 2.05) is 48.5 Å². The molecule has 0 bridgehead atoms. The van der Waals surface area contributed by atoms with Gasteiger partial charge in [0.1, 0.15) is 6.61 Å². The summed E-state index contributed by atoms with van der Waals surface area (Å²) in [5.74, 6) is 0.597. The zero-order chi connectivity index (χ0) is 25.7. The number of benzene rings is 3. The van der Waals surface area contributed by atoms with E-state index in [1.165, 1.54) is 0 Å². The number of esters is 1. The lowest BCUT2D eigenvalue weighted by molar-refractivity contribution is -0.138. The Kier molecular flexibility index (Phi) is 8.36. The van der Waals surface area contributed by atoms with Gasteiger partial charge in [-0.25, -0.2) is 4.79 Å². The zero-order valence-corrected chi connectivity index (χ0v) is 22.0. The maximum Gasteiger partial charge on any atom is 0.338 e. The van der Waals surface area contributed by atoms with E-state index in [0.29, 0.717) is 37.9 Å². The van der Waals surface area contributed by atoms with Crippen LogP contribution >= 0.6 is 35.4 Å². The molecule has 36 heavy (non-hydrogen) atoms. The lowest BCUT2D eigenvalue weighted by Gasteiger charge is -2.31. The second kappa shape index (κ2) is 11.6. The third kappa shape index (κ3) is 5.75. The van der Waals surface area contributed by atoms with Crippen molar-refractivity contribution in [3.8, 4) is 11.5 Å². The molecule has 186 valence electrons. The number of rotatable bonds is 8. The number of carbonyl (C=O) groups excluding carboxylic acids is 1. The van der Waals surface area contributed by atoms with Gasteiger partial charge in [-0.3, -0.25) is 0 Å². The monoisotopic (exact) mass is 542 g/mol. The minimum atomic E-state index is -0.564. The highest BCUT2D eigenvalue weighted by molar-refractivity contribution is 7.80. The molecule has 2 N–H and O–H groups in total. The molecule has 0 aliphatic carbocycles. The summed E-state index contributed by atoms with van der Waals surface area (Å²) in [5, 5.41) is 7.67. The van der Waals surface area contributed by atoms with Crippen molar-refractivity contribution < 1.29 is 19.0 Å². The molecule has 0 fully saturated rings. The Bertz CT molecular complexity index is 1310. The van der Waals surface area contributed by atoms with Gasteiger partial charge in [0.25, 0.3) is 0 Å². The van der Waals surface area contributed by atoms with Crippen LogP contribution in [0.3, 0.4) is 0 Å². The van der Waals surface area contributed by atoms with E-state index >= 15 is 0 Å². The summed E-state index contributed by atoms with van der Waals surface area (Å²) >= 11 is 17.6. The maximum absolute atomic E-state index is 13.1. The van der Waals surface area contributed by atoms with Crippen LogP contribution in [-0.2, 0) is 16.1 Å². The zero-order valence-electron chi connectivity index (χ0n) is 19.6. The Hall–Kier alpha value is -3.26. The van der Waals surface area contributed by atoms with Gasteiger partial charge in [0.15, 0.2) is 16.6 Å². The van der Waals surface area contributed by atoms with E-state index in [0.717, 1.165) is 16.7 Å². The van der Waals surface area contributed by atoms with Crippen LogP contribution in [0, 0.1) is 0 Å². The third-order valence-corrected chi connectivity index (χ3v) is 6.49. The summed E-state index contributed by atoms with van der Waals surface area (Å²) in [5.41, 5.74) is 3.46. The molecule has 0 amide bonds. The molecule has 0 saturated carbocycles. The van der Waals surface area contributed by atoms with Crippen LogP contribution in [0.2, 0.25) is 10.0 Å². The molecular weight excluding hydrogens is 519 g/mol. The molecule has 1 heterocycles. The molecule has 0 saturated heterocycles. The first-order valence-electron chi connectivity index (χ1n) is 11.2. The molecule has 6 nitrogen and oxygen atoms in total. The number of halogens is 2. The Morgan fingerprint density at radius 1 is 1.00 bits per heavy atom. The molecule has 0 aromatic heterocycles. The fraction of sp³-hybridized carbons (Fsp3) is 0.185. The first-order valence-corrected chi connectivity index (χ1v) is 12.4. The molecule has 9 heteroatoms. The lowest BCUT2D eigenvalue weighted by atomic mass is 9.92. The van der Waals surface area contributed by atoms with Crippen molar-refractivity contribution in [2.24, 2.45) is 0 Å². The van der Waals surface area contributed by atoms with Gasteiger partial charge >= 0.3 is 5.97 Å². The Morgan fingerprint density at radius 2 is 1.78 bits per heavy atom. The predicted octanol–water partition coefficient (Wildman–Crippen LogP) is 6.07. The standard InChI is InChI=1S/C27H24Cl2N2O4S/c1-3-34-26(32)23-24(17-7-5-4-6-8-17)30-27(36)31-25(23)18-10-12-21(22(14-18)33-2)35-15-16-9-11-19(28)20(29)13-16/h4-14,25H,3,15H2,1-2H3,(H2,30,31,36)/t25-/m1/s1. The fourth-order valence-corrected chi connectivity index (χ4v) is 4.39. The largest absolute Gasteiger partial charge is 0.493 e. The summed E-state index contributed by atoms with van der Waals surface area (Å²) in [6.45, 7) is 2.29. The lowest BCUT2D eigenvalue weighted by Crippen LogP contribution is -2.45. The highest BCUT2D eigenvalue weighted by Gasteiger charge is 2.33. The van der Waals surface area contributed by atoms with Crippen LogP contribution in [0.4, 0.5) is 0 Å². The maximum atomic E-state index is 13.1. The van der Waals surface area contributed by atoms with Gasteiger partial charge < -0.3 is 24.8 Å². The number of ether oxygens (including phenoxy) is 3. The average Bonchev–Trinajstić information content (AvgIpc) is 2.89. The third-order valence-electron chi connectivity index (χ3n) is 5.53. The fourth-order valence-electron chi connectivity index (χ4n) is 3.85. The van der Waals surface area contributed by atoms with E-state index in [2.05, 4.69) is 10.6 Å².